The van der Waals surface area contributed by atoms with Crippen LogP contribution < -0.4 is 0 Å². The van der Waals surface area contributed by atoms with Crippen molar-refractivity contribution < 1.29 is 13.2 Å². The third-order valence-electron chi connectivity index (χ3n) is 3.18. The Hall–Kier alpha value is -1.41. The normalized spacial score (nSPS) is 17.7. The number of hydrogen-bond acceptors (Lipinski definition) is 4. The van der Waals surface area contributed by atoms with E-state index >= 15 is 0 Å². The summed E-state index contributed by atoms with van der Waals surface area (Å²) >= 11 is 0. The molecule has 1 amide bonds. The van der Waals surface area contributed by atoms with Gasteiger partial charge in [-0.25, -0.2) is 8.42 Å². The second-order valence-electron chi connectivity index (χ2n) is 4.51. The summed E-state index contributed by atoms with van der Waals surface area (Å²) in [5.74, 6) is -0.139. The summed E-state index contributed by atoms with van der Waals surface area (Å²) in [4.78, 5) is 13.8. The van der Waals surface area contributed by atoms with Crippen molar-refractivity contribution in [2.24, 2.45) is 0 Å². The van der Waals surface area contributed by atoms with Crippen molar-refractivity contribution in [2.45, 2.75) is 13.5 Å². The molecule has 1 aliphatic rings. The van der Waals surface area contributed by atoms with E-state index in [1.54, 1.807) is 21.8 Å². The molecule has 0 N–H and O–H groups in total. The summed E-state index contributed by atoms with van der Waals surface area (Å²) in [6.45, 7) is 4.18. The first-order chi connectivity index (χ1) is 8.91. The van der Waals surface area contributed by atoms with Gasteiger partial charge in [0.1, 0.15) is 5.69 Å². The predicted octanol–water partition coefficient (Wildman–Crippen LogP) is -0.380. The zero-order chi connectivity index (χ0) is 14.0. The Labute approximate surface area is 112 Å². The molecule has 106 valence electrons. The lowest BCUT2D eigenvalue weighted by atomic mass is 10.3. The number of carbonyl (C=O) groups is 1. The van der Waals surface area contributed by atoms with Gasteiger partial charge in [0.2, 0.25) is 10.0 Å². The van der Waals surface area contributed by atoms with Crippen LogP contribution in [0.1, 0.15) is 17.4 Å². The molecule has 0 bridgehead atoms. The number of aromatic nitrogens is 2. The molecule has 19 heavy (non-hydrogen) atoms. The van der Waals surface area contributed by atoms with E-state index in [-0.39, 0.29) is 5.91 Å². The zero-order valence-corrected chi connectivity index (χ0v) is 11.9. The number of piperazine rings is 1. The molecular weight excluding hydrogens is 268 g/mol. The van der Waals surface area contributed by atoms with Crippen molar-refractivity contribution in [1.29, 1.82) is 0 Å². The Morgan fingerprint density at radius 1 is 1.32 bits per heavy atom. The fourth-order valence-corrected chi connectivity index (χ4v) is 2.86. The minimum atomic E-state index is -3.16. The summed E-state index contributed by atoms with van der Waals surface area (Å²) in [6.07, 6.45) is 2.95. The molecule has 2 heterocycles. The quantitative estimate of drug-likeness (QED) is 0.759. The monoisotopic (exact) mass is 286 g/mol. The topological polar surface area (TPSA) is 75.5 Å². The second-order valence-corrected chi connectivity index (χ2v) is 6.49. The van der Waals surface area contributed by atoms with Crippen LogP contribution in [-0.2, 0) is 16.6 Å². The minimum absolute atomic E-state index is 0.139. The Morgan fingerprint density at radius 2 is 1.95 bits per heavy atom. The van der Waals surface area contributed by atoms with Crippen molar-refractivity contribution in [3.63, 3.8) is 0 Å². The first kappa shape index (κ1) is 14.0. The molecule has 1 aliphatic heterocycles. The van der Waals surface area contributed by atoms with Gasteiger partial charge in [-0.1, -0.05) is 0 Å². The Kier molecular flexibility index (Phi) is 3.91. The summed E-state index contributed by atoms with van der Waals surface area (Å²) in [5, 5.41) is 4.17. The molecule has 0 spiro atoms. The molecule has 2 rings (SSSR count). The molecule has 1 aromatic heterocycles. The molecule has 1 aromatic rings. The predicted molar refractivity (Wildman–Crippen MR) is 70.2 cm³/mol. The third kappa shape index (κ3) is 3.13. The maximum absolute atomic E-state index is 12.2. The molecule has 7 nitrogen and oxygen atoms in total. The number of nitrogens with zero attached hydrogens (tertiary/aromatic N) is 4. The van der Waals surface area contributed by atoms with Gasteiger partial charge < -0.3 is 4.90 Å². The van der Waals surface area contributed by atoms with Crippen molar-refractivity contribution in [3.05, 3.63) is 18.0 Å². The van der Waals surface area contributed by atoms with Crippen molar-refractivity contribution in [2.75, 3.05) is 32.4 Å². The molecule has 8 heteroatoms. The van der Waals surface area contributed by atoms with Crippen molar-refractivity contribution in [3.8, 4) is 0 Å². The number of carbonyl (C=O) groups excluding carboxylic acids is 1. The van der Waals surface area contributed by atoms with E-state index in [0.29, 0.717) is 31.9 Å². The van der Waals surface area contributed by atoms with Crippen LogP contribution in [0.25, 0.3) is 0 Å². The van der Waals surface area contributed by atoms with Crippen LogP contribution in [0.3, 0.4) is 0 Å². The summed E-state index contributed by atoms with van der Waals surface area (Å²) in [5.41, 5.74) is 0.412. The molecule has 0 unspecified atom stereocenters. The highest BCUT2D eigenvalue weighted by Crippen LogP contribution is 2.09. The van der Waals surface area contributed by atoms with Crippen LogP contribution >= 0.6 is 0 Å². The number of amides is 1. The van der Waals surface area contributed by atoms with Crippen LogP contribution in [0.15, 0.2) is 12.3 Å². The van der Waals surface area contributed by atoms with Gasteiger partial charge in [-0.3, -0.25) is 9.48 Å². The molecular formula is C11H18N4O3S. The maximum Gasteiger partial charge on any atom is 0.274 e. The number of rotatable bonds is 3. The Morgan fingerprint density at radius 3 is 2.42 bits per heavy atom. The lowest BCUT2D eigenvalue weighted by Gasteiger charge is -2.32. The molecule has 1 saturated heterocycles. The summed E-state index contributed by atoms with van der Waals surface area (Å²) in [7, 11) is -3.16. The zero-order valence-electron chi connectivity index (χ0n) is 11.1. The fraction of sp³-hybridized carbons (Fsp3) is 0.636. The van der Waals surface area contributed by atoms with Crippen LogP contribution in [0.2, 0.25) is 0 Å². The Balaban J connectivity index is 1.99. The smallest absolute Gasteiger partial charge is 0.274 e. The van der Waals surface area contributed by atoms with E-state index in [4.69, 9.17) is 0 Å². The average molecular weight is 286 g/mol. The van der Waals surface area contributed by atoms with Crippen LogP contribution in [-0.4, -0.2) is 65.7 Å². The molecule has 0 aromatic carbocycles. The summed E-state index contributed by atoms with van der Waals surface area (Å²) < 4.78 is 25.8. The molecule has 0 saturated carbocycles. The highest BCUT2D eigenvalue weighted by Gasteiger charge is 2.27. The van der Waals surface area contributed by atoms with Crippen LogP contribution in [0.4, 0.5) is 0 Å². The van der Waals surface area contributed by atoms with Gasteiger partial charge in [0, 0.05) is 38.9 Å². The largest absolute Gasteiger partial charge is 0.335 e. The lowest BCUT2D eigenvalue weighted by molar-refractivity contribution is 0.0691. The number of hydrogen-bond donors (Lipinski definition) is 0. The van der Waals surface area contributed by atoms with Gasteiger partial charge in [0.05, 0.1) is 6.26 Å². The summed E-state index contributed by atoms with van der Waals surface area (Å²) in [6, 6.07) is 1.69. The second kappa shape index (κ2) is 5.30. The van der Waals surface area contributed by atoms with E-state index in [1.165, 1.54) is 10.6 Å². The van der Waals surface area contributed by atoms with Gasteiger partial charge in [-0.15, -0.1) is 0 Å². The maximum atomic E-state index is 12.2. The van der Waals surface area contributed by atoms with Gasteiger partial charge in [-0.2, -0.15) is 9.40 Å². The molecule has 0 atom stereocenters. The average Bonchev–Trinajstić information content (AvgIpc) is 2.86. The highest BCUT2D eigenvalue weighted by atomic mass is 32.2. The third-order valence-corrected chi connectivity index (χ3v) is 4.48. The van der Waals surface area contributed by atoms with Crippen molar-refractivity contribution in [1.82, 2.24) is 19.0 Å². The van der Waals surface area contributed by atoms with Gasteiger partial charge in [0.15, 0.2) is 0 Å². The fourth-order valence-electron chi connectivity index (χ4n) is 2.04. The minimum Gasteiger partial charge on any atom is -0.335 e. The number of sulfonamides is 1. The van der Waals surface area contributed by atoms with E-state index in [9.17, 15) is 13.2 Å². The first-order valence-corrected chi connectivity index (χ1v) is 8.04. The molecule has 1 fully saturated rings. The van der Waals surface area contributed by atoms with Gasteiger partial charge in [0.25, 0.3) is 5.91 Å². The Bertz CT molecular complexity index is 558. The first-order valence-electron chi connectivity index (χ1n) is 6.19. The van der Waals surface area contributed by atoms with E-state index in [1.807, 2.05) is 6.92 Å². The van der Waals surface area contributed by atoms with Crippen LogP contribution in [0.5, 0.6) is 0 Å². The number of aryl methyl sites for hydroxylation is 1. The van der Waals surface area contributed by atoms with Crippen LogP contribution in [0, 0.1) is 0 Å². The van der Waals surface area contributed by atoms with Gasteiger partial charge in [-0.05, 0) is 13.0 Å². The van der Waals surface area contributed by atoms with E-state index in [0.717, 1.165) is 6.54 Å². The van der Waals surface area contributed by atoms with E-state index in [2.05, 4.69) is 5.10 Å². The standard InChI is InChI=1S/C11H18N4O3S/c1-3-14-5-4-10(12-14)11(16)13-6-8-15(9-7-13)19(2,17)18/h4-5H,3,6-9H2,1-2H3. The highest BCUT2D eigenvalue weighted by molar-refractivity contribution is 7.88. The van der Waals surface area contributed by atoms with Crippen molar-refractivity contribution >= 4 is 15.9 Å². The van der Waals surface area contributed by atoms with Gasteiger partial charge >= 0.3 is 0 Å². The molecule has 0 aliphatic carbocycles. The molecule has 0 radical (unpaired) electrons. The SMILES string of the molecule is CCn1ccc(C(=O)N2CCN(S(C)(=O)=O)CC2)n1. The van der Waals surface area contributed by atoms with E-state index < -0.39 is 10.0 Å². The lowest BCUT2D eigenvalue weighted by Crippen LogP contribution is -2.50.